The minimum Gasteiger partial charge on any atom is -0.305 e. The predicted molar refractivity (Wildman–Crippen MR) is 58.7 cm³/mol. The van der Waals surface area contributed by atoms with Gasteiger partial charge in [-0.25, -0.2) is 0 Å². The Morgan fingerprint density at radius 2 is 2.23 bits per heavy atom. The zero-order valence-electron chi connectivity index (χ0n) is 8.79. The summed E-state index contributed by atoms with van der Waals surface area (Å²) >= 11 is 1.96. The summed E-state index contributed by atoms with van der Waals surface area (Å²) in [7, 11) is 2.10. The van der Waals surface area contributed by atoms with Crippen LogP contribution >= 0.6 is 11.8 Å². The monoisotopic (exact) mass is 200 g/mol. The highest BCUT2D eigenvalue weighted by Crippen LogP contribution is 2.45. The summed E-state index contributed by atoms with van der Waals surface area (Å²) in [5.41, 5.74) is 0. The van der Waals surface area contributed by atoms with E-state index in [1.807, 2.05) is 11.8 Å². The van der Waals surface area contributed by atoms with E-state index in [9.17, 15) is 0 Å². The van der Waals surface area contributed by atoms with Gasteiger partial charge in [-0.15, -0.1) is 11.8 Å². The molecule has 1 aliphatic carbocycles. The summed E-state index contributed by atoms with van der Waals surface area (Å²) in [6.07, 6.45) is 5.76. The first-order chi connectivity index (χ1) is 6.27. The van der Waals surface area contributed by atoms with Crippen molar-refractivity contribution in [3.8, 4) is 0 Å². The van der Waals surface area contributed by atoms with Crippen LogP contribution in [0, 0.1) is 11.8 Å². The van der Waals surface area contributed by atoms with Crippen LogP contribution in [0.5, 0.6) is 0 Å². The molecule has 0 aromatic rings. The molecule has 13 heavy (non-hydrogen) atoms. The molecule has 0 aromatic carbocycles. The van der Waals surface area contributed by atoms with Gasteiger partial charge in [0.15, 0.2) is 0 Å². The molecule has 1 aliphatic heterocycles. The highest BCUT2D eigenvalue weighted by atomic mass is 32.2. The molecule has 2 fully saturated rings. The van der Waals surface area contributed by atoms with Crippen LogP contribution in [0.15, 0.2) is 0 Å². The van der Waals surface area contributed by atoms with Gasteiger partial charge in [-0.3, -0.25) is 4.90 Å². The fraction of sp³-hybridized carbons (Fsp3) is 1.00. The second kappa shape index (κ2) is 3.79. The molecule has 0 spiro atoms. The van der Waals surface area contributed by atoms with Crippen molar-refractivity contribution < 1.29 is 0 Å². The second-order valence-electron chi connectivity index (χ2n) is 4.27. The molecule has 1 saturated carbocycles. The van der Waals surface area contributed by atoms with Gasteiger partial charge in [-0.2, -0.15) is 0 Å². The first kappa shape index (κ1) is 9.81. The average Bonchev–Trinajstić information content (AvgIpc) is 2.37. The zero-order valence-corrected chi connectivity index (χ0v) is 9.60. The zero-order chi connectivity index (χ0) is 9.42. The van der Waals surface area contributed by atoms with Crippen LogP contribution in [-0.2, 0) is 0 Å². The Balaban J connectivity index is 2.02. The van der Waals surface area contributed by atoms with Gasteiger partial charge < -0.3 is 5.32 Å². The number of nitrogens with one attached hydrogen (secondary N) is 1. The van der Waals surface area contributed by atoms with Crippen LogP contribution < -0.4 is 5.32 Å². The standard InChI is InChI=1S/C10H20N2S/c1-7(13-3)12-6-8-4-5-9(8)10(12)11-2/h7-11H,4-6H2,1-3H3. The molecule has 1 saturated heterocycles. The third-order valence-electron chi connectivity index (χ3n) is 3.79. The Kier molecular flexibility index (Phi) is 2.86. The summed E-state index contributed by atoms with van der Waals surface area (Å²) in [4.78, 5) is 2.63. The van der Waals surface area contributed by atoms with E-state index in [-0.39, 0.29) is 0 Å². The van der Waals surface area contributed by atoms with E-state index in [0.717, 1.165) is 11.8 Å². The van der Waals surface area contributed by atoms with Gasteiger partial charge in [-0.05, 0) is 44.9 Å². The van der Waals surface area contributed by atoms with E-state index in [1.54, 1.807) is 0 Å². The van der Waals surface area contributed by atoms with Crippen LogP contribution in [0.2, 0.25) is 0 Å². The quantitative estimate of drug-likeness (QED) is 0.745. The number of rotatable bonds is 3. The molecule has 2 nitrogen and oxygen atoms in total. The highest BCUT2D eigenvalue weighted by molar-refractivity contribution is 7.99. The van der Waals surface area contributed by atoms with Gasteiger partial charge in [0.05, 0.1) is 11.5 Å². The van der Waals surface area contributed by atoms with E-state index in [2.05, 4.69) is 30.4 Å². The lowest BCUT2D eigenvalue weighted by molar-refractivity contribution is 0.159. The average molecular weight is 200 g/mol. The first-order valence-corrected chi connectivity index (χ1v) is 6.52. The summed E-state index contributed by atoms with van der Waals surface area (Å²) in [6.45, 7) is 3.64. The van der Waals surface area contributed by atoms with Crippen molar-refractivity contribution >= 4 is 11.8 Å². The fourth-order valence-corrected chi connectivity index (χ4v) is 3.25. The third kappa shape index (κ3) is 1.51. The number of fused-ring (bicyclic) bond motifs is 1. The van der Waals surface area contributed by atoms with Crippen molar-refractivity contribution in [1.82, 2.24) is 10.2 Å². The SMILES string of the molecule is CNC1C2CCC2CN1C(C)SC. The maximum Gasteiger partial charge on any atom is 0.0636 e. The highest BCUT2D eigenvalue weighted by Gasteiger charge is 2.47. The number of hydrogen-bond acceptors (Lipinski definition) is 3. The Morgan fingerprint density at radius 1 is 1.46 bits per heavy atom. The molecule has 76 valence electrons. The van der Waals surface area contributed by atoms with Crippen molar-refractivity contribution in [2.24, 2.45) is 11.8 Å². The molecule has 3 heteroatoms. The van der Waals surface area contributed by atoms with Crippen molar-refractivity contribution in [3.05, 3.63) is 0 Å². The molecule has 0 amide bonds. The van der Waals surface area contributed by atoms with Crippen LogP contribution in [0.3, 0.4) is 0 Å². The van der Waals surface area contributed by atoms with Crippen LogP contribution in [0.1, 0.15) is 19.8 Å². The third-order valence-corrected chi connectivity index (χ3v) is 4.74. The minimum absolute atomic E-state index is 0.654. The number of likely N-dealkylation sites (tertiary alicyclic amines) is 1. The van der Waals surface area contributed by atoms with Crippen LogP contribution in [-0.4, -0.2) is 36.3 Å². The number of thioether (sulfide) groups is 1. The van der Waals surface area contributed by atoms with Crippen molar-refractivity contribution in [2.75, 3.05) is 19.8 Å². The molecule has 1 heterocycles. The van der Waals surface area contributed by atoms with Crippen LogP contribution in [0.25, 0.3) is 0 Å². The van der Waals surface area contributed by atoms with E-state index in [1.165, 1.54) is 19.4 Å². The lowest BCUT2D eigenvalue weighted by atomic mass is 9.75. The molecule has 4 unspecified atom stereocenters. The molecular formula is C10H20N2S. The molecule has 4 atom stereocenters. The molecule has 2 aliphatic rings. The van der Waals surface area contributed by atoms with Gasteiger partial charge in [0.1, 0.15) is 0 Å². The lowest BCUT2D eigenvalue weighted by Gasteiger charge is -2.34. The summed E-state index contributed by atoms with van der Waals surface area (Å²) in [5.74, 6) is 1.94. The Morgan fingerprint density at radius 3 is 2.69 bits per heavy atom. The predicted octanol–water partition coefficient (Wildman–Crippen LogP) is 1.58. The molecule has 0 bridgehead atoms. The smallest absolute Gasteiger partial charge is 0.0636 e. The Hall–Kier alpha value is 0.270. The van der Waals surface area contributed by atoms with Gasteiger partial charge in [0.25, 0.3) is 0 Å². The van der Waals surface area contributed by atoms with E-state index < -0.39 is 0 Å². The van der Waals surface area contributed by atoms with Gasteiger partial charge in [-0.1, -0.05) is 0 Å². The maximum absolute atomic E-state index is 3.47. The Bertz CT molecular complexity index is 186. The molecule has 0 aromatic heterocycles. The van der Waals surface area contributed by atoms with E-state index in [4.69, 9.17) is 0 Å². The van der Waals surface area contributed by atoms with Gasteiger partial charge in [0, 0.05) is 6.54 Å². The van der Waals surface area contributed by atoms with Crippen molar-refractivity contribution in [3.63, 3.8) is 0 Å². The summed E-state index contributed by atoms with van der Waals surface area (Å²) in [6, 6.07) is 0. The van der Waals surface area contributed by atoms with Crippen LogP contribution in [0.4, 0.5) is 0 Å². The van der Waals surface area contributed by atoms with Gasteiger partial charge in [0.2, 0.25) is 0 Å². The maximum atomic E-state index is 3.47. The minimum atomic E-state index is 0.654. The van der Waals surface area contributed by atoms with Gasteiger partial charge >= 0.3 is 0 Å². The summed E-state index contributed by atoms with van der Waals surface area (Å²) in [5, 5.41) is 4.14. The van der Waals surface area contributed by atoms with E-state index >= 15 is 0 Å². The first-order valence-electron chi connectivity index (χ1n) is 5.23. The Labute approximate surface area is 85.4 Å². The molecule has 2 rings (SSSR count). The fourth-order valence-electron chi connectivity index (χ4n) is 2.76. The molecule has 1 N–H and O–H groups in total. The largest absolute Gasteiger partial charge is 0.305 e. The molecule has 0 radical (unpaired) electrons. The number of nitrogens with zero attached hydrogens (tertiary/aromatic N) is 1. The topological polar surface area (TPSA) is 15.3 Å². The van der Waals surface area contributed by atoms with Crippen molar-refractivity contribution in [2.45, 2.75) is 31.3 Å². The molecular weight excluding hydrogens is 180 g/mol. The second-order valence-corrected chi connectivity index (χ2v) is 5.42. The summed E-state index contributed by atoms with van der Waals surface area (Å²) < 4.78 is 0. The van der Waals surface area contributed by atoms with Crippen molar-refractivity contribution in [1.29, 1.82) is 0 Å². The number of hydrogen-bond donors (Lipinski definition) is 1. The normalized spacial score (nSPS) is 41.3. The van der Waals surface area contributed by atoms with E-state index in [0.29, 0.717) is 11.5 Å². The lowest BCUT2D eigenvalue weighted by Crippen LogP contribution is -2.46.